The first-order chi connectivity index (χ1) is 14.1. The van der Waals surface area contributed by atoms with Crippen LogP contribution in [-0.2, 0) is 11.2 Å². The highest BCUT2D eigenvalue weighted by molar-refractivity contribution is 5.94. The van der Waals surface area contributed by atoms with Crippen molar-refractivity contribution in [1.29, 1.82) is 0 Å². The van der Waals surface area contributed by atoms with Crippen molar-refractivity contribution in [3.63, 3.8) is 0 Å². The molecule has 30 heavy (non-hydrogen) atoms. The maximum atomic E-state index is 12.2. The van der Waals surface area contributed by atoms with Gasteiger partial charge in [0.05, 0.1) is 18.0 Å². The normalized spacial score (nSPS) is 25.5. The number of hydrogen-bond donors (Lipinski definition) is 2. The molecule has 11 heteroatoms. The first-order valence-electron chi connectivity index (χ1n) is 10.2. The lowest BCUT2D eigenvalue weighted by atomic mass is 10.0. The molecule has 0 aromatic carbocycles. The molecule has 1 aliphatic carbocycles. The fourth-order valence-electron chi connectivity index (χ4n) is 3.97. The van der Waals surface area contributed by atoms with Gasteiger partial charge in [-0.2, -0.15) is 0 Å². The Morgan fingerprint density at radius 2 is 2.10 bits per heavy atom. The Morgan fingerprint density at radius 3 is 2.77 bits per heavy atom. The van der Waals surface area contributed by atoms with Gasteiger partial charge in [0.1, 0.15) is 17.5 Å². The summed E-state index contributed by atoms with van der Waals surface area (Å²) in [7, 11) is 0. The minimum Gasteiger partial charge on any atom is -0.444 e. The number of ether oxygens (including phenoxy) is 1. The van der Waals surface area contributed by atoms with Crippen molar-refractivity contribution < 1.29 is 24.0 Å². The molecular weight excluding hydrogens is 392 g/mol. The lowest BCUT2D eigenvalue weighted by Crippen LogP contribution is -2.36. The first kappa shape index (κ1) is 20.6. The Morgan fingerprint density at radius 1 is 1.37 bits per heavy atom. The molecule has 2 saturated heterocycles. The lowest BCUT2D eigenvalue weighted by Gasteiger charge is -2.27. The molecule has 4 rings (SSSR count). The highest BCUT2D eigenvalue weighted by atomic mass is 16.6. The van der Waals surface area contributed by atoms with Crippen LogP contribution in [0.1, 0.15) is 71.2 Å². The number of carbonyl (C=O) groups excluding carboxylic acids is 2. The molecule has 164 valence electrons. The maximum Gasteiger partial charge on any atom is 0.413 e. The molecule has 11 nitrogen and oxygen atoms in total. The Kier molecular flexibility index (Phi) is 4.95. The van der Waals surface area contributed by atoms with Crippen LogP contribution in [0.4, 0.5) is 9.59 Å². The molecule has 3 fully saturated rings. The Labute approximate surface area is 174 Å². The summed E-state index contributed by atoms with van der Waals surface area (Å²) in [6.45, 7) is 7.58. The van der Waals surface area contributed by atoms with Crippen molar-refractivity contribution in [2.75, 3.05) is 6.54 Å². The van der Waals surface area contributed by atoms with Gasteiger partial charge in [0, 0.05) is 6.54 Å². The van der Waals surface area contributed by atoms with E-state index in [-0.39, 0.29) is 17.6 Å². The fraction of sp³-hybridized carbons (Fsp3) is 0.737. The second kappa shape index (κ2) is 7.22. The van der Waals surface area contributed by atoms with E-state index < -0.39 is 17.7 Å². The van der Waals surface area contributed by atoms with E-state index in [1.54, 1.807) is 32.6 Å². The number of piperidine rings is 1. The monoisotopic (exact) mass is 420 g/mol. The van der Waals surface area contributed by atoms with Gasteiger partial charge in [-0.25, -0.2) is 14.7 Å². The largest absolute Gasteiger partial charge is 0.444 e. The maximum absolute atomic E-state index is 12.2. The molecule has 0 unspecified atom stereocenters. The standard InChI is InChI=1S/C19H28N6O5/c1-11(20-16(26)30-18(2,3)4)21-19(7-8-19)9-14-22-23-15(29-14)13-6-5-12-10-24(13)17(27)25(12)28/h12-13,28H,5-10H2,1-4H3,(H,20,21,26)/t12-,13+/m1/s1. The number of urea groups is 1. The van der Waals surface area contributed by atoms with Crippen LogP contribution in [0.3, 0.4) is 0 Å². The van der Waals surface area contributed by atoms with Gasteiger partial charge in [-0.15, -0.1) is 10.2 Å². The fourth-order valence-corrected chi connectivity index (χ4v) is 3.97. The van der Waals surface area contributed by atoms with Gasteiger partial charge in [-0.1, -0.05) is 0 Å². The SMILES string of the molecule is CC(=NC1(Cc2nnc([C@@H]3CC[C@@H]4CN3C(=O)N4O)o2)CC1)NC(=O)OC(C)(C)C. The third-order valence-corrected chi connectivity index (χ3v) is 5.51. The smallest absolute Gasteiger partial charge is 0.413 e. The van der Waals surface area contributed by atoms with Crippen molar-refractivity contribution in [1.82, 2.24) is 25.5 Å². The highest BCUT2D eigenvalue weighted by Crippen LogP contribution is 2.43. The van der Waals surface area contributed by atoms with Crippen LogP contribution in [0.5, 0.6) is 0 Å². The molecule has 0 spiro atoms. The number of hydrogen-bond acceptors (Lipinski definition) is 8. The first-order valence-corrected chi connectivity index (χ1v) is 10.2. The van der Waals surface area contributed by atoms with Gasteiger partial charge in [-0.3, -0.25) is 15.5 Å². The van der Waals surface area contributed by atoms with Crippen molar-refractivity contribution in [3.8, 4) is 0 Å². The summed E-state index contributed by atoms with van der Waals surface area (Å²) in [5, 5.41) is 21.6. The summed E-state index contributed by atoms with van der Waals surface area (Å²) in [5.74, 6) is 1.31. The number of aromatic nitrogens is 2. The quantitative estimate of drug-likeness (QED) is 0.434. The van der Waals surface area contributed by atoms with Gasteiger partial charge < -0.3 is 14.1 Å². The minimum absolute atomic E-state index is 0.166. The van der Waals surface area contributed by atoms with Crippen LogP contribution in [0.2, 0.25) is 0 Å². The number of nitrogens with zero attached hydrogens (tertiary/aromatic N) is 5. The van der Waals surface area contributed by atoms with E-state index in [1.165, 1.54) is 0 Å². The number of aliphatic imine (C=N–C) groups is 1. The molecule has 2 aliphatic heterocycles. The zero-order valence-electron chi connectivity index (χ0n) is 17.7. The molecule has 2 bridgehead atoms. The molecule has 3 amide bonds. The number of alkyl carbamates (subject to hydrolysis) is 1. The van der Waals surface area contributed by atoms with Crippen LogP contribution < -0.4 is 5.32 Å². The Bertz CT molecular complexity index is 871. The summed E-state index contributed by atoms with van der Waals surface area (Å²) in [6, 6.07) is -0.906. The van der Waals surface area contributed by atoms with Gasteiger partial charge in [0.15, 0.2) is 0 Å². The molecule has 3 heterocycles. The highest BCUT2D eigenvalue weighted by Gasteiger charge is 2.48. The molecule has 1 aromatic rings. The summed E-state index contributed by atoms with van der Waals surface area (Å²) in [5.41, 5.74) is -0.948. The van der Waals surface area contributed by atoms with Gasteiger partial charge in [0.2, 0.25) is 11.8 Å². The van der Waals surface area contributed by atoms with Crippen LogP contribution in [0, 0.1) is 0 Å². The second-order valence-electron chi connectivity index (χ2n) is 9.29. The third-order valence-electron chi connectivity index (χ3n) is 5.51. The Hall–Kier alpha value is -2.69. The van der Waals surface area contributed by atoms with Crippen molar-refractivity contribution in [3.05, 3.63) is 11.8 Å². The van der Waals surface area contributed by atoms with Gasteiger partial charge in [-0.05, 0) is 53.4 Å². The number of rotatable bonds is 4. The lowest BCUT2D eigenvalue weighted by molar-refractivity contribution is -0.0584. The van der Waals surface area contributed by atoms with E-state index in [9.17, 15) is 14.8 Å². The van der Waals surface area contributed by atoms with E-state index in [1.807, 2.05) is 0 Å². The molecular formula is C19H28N6O5. The third kappa shape index (κ3) is 4.25. The van der Waals surface area contributed by atoms with E-state index in [2.05, 4.69) is 20.5 Å². The van der Waals surface area contributed by atoms with Crippen LogP contribution >= 0.6 is 0 Å². The number of amides is 3. The zero-order valence-corrected chi connectivity index (χ0v) is 17.7. The van der Waals surface area contributed by atoms with Crippen LogP contribution in [-0.4, -0.2) is 67.1 Å². The van der Waals surface area contributed by atoms with Crippen molar-refractivity contribution in [2.24, 2.45) is 4.99 Å². The number of carbonyl (C=O) groups is 2. The average Bonchev–Trinajstić information content (AvgIpc) is 3.15. The van der Waals surface area contributed by atoms with Gasteiger partial charge >= 0.3 is 12.1 Å². The topological polar surface area (TPSA) is 133 Å². The molecule has 2 atom stereocenters. The molecule has 3 aliphatic rings. The van der Waals surface area contributed by atoms with E-state index in [4.69, 9.17) is 9.15 Å². The summed E-state index contributed by atoms with van der Waals surface area (Å²) >= 11 is 0. The summed E-state index contributed by atoms with van der Waals surface area (Å²) in [6.07, 6.45) is 2.98. The zero-order chi connectivity index (χ0) is 21.7. The predicted molar refractivity (Wildman–Crippen MR) is 104 cm³/mol. The number of hydroxylamine groups is 2. The Balaban J connectivity index is 1.39. The molecule has 1 aromatic heterocycles. The number of amidine groups is 1. The van der Waals surface area contributed by atoms with Crippen molar-refractivity contribution >= 4 is 18.0 Å². The van der Waals surface area contributed by atoms with Crippen LogP contribution in [0.15, 0.2) is 9.41 Å². The average molecular weight is 420 g/mol. The predicted octanol–water partition coefficient (Wildman–Crippen LogP) is 2.42. The van der Waals surface area contributed by atoms with E-state index >= 15 is 0 Å². The molecule has 0 radical (unpaired) electrons. The number of nitrogens with one attached hydrogen (secondary N) is 1. The van der Waals surface area contributed by atoms with Crippen LogP contribution in [0.25, 0.3) is 0 Å². The summed E-state index contributed by atoms with van der Waals surface area (Å²) in [4.78, 5) is 30.3. The van der Waals surface area contributed by atoms with Gasteiger partial charge in [0.25, 0.3) is 0 Å². The summed E-state index contributed by atoms with van der Waals surface area (Å²) < 4.78 is 11.1. The van der Waals surface area contributed by atoms with Crippen molar-refractivity contribution in [2.45, 2.75) is 83.0 Å². The van der Waals surface area contributed by atoms with E-state index in [0.29, 0.717) is 43.4 Å². The van der Waals surface area contributed by atoms with E-state index in [0.717, 1.165) is 17.9 Å². The number of fused-ring (bicyclic) bond motifs is 2. The second-order valence-corrected chi connectivity index (χ2v) is 9.29. The minimum atomic E-state index is -0.579. The molecule has 2 N–H and O–H groups in total. The molecule has 1 saturated carbocycles.